The molecule has 1 atom stereocenters. The molecule has 0 radical (unpaired) electrons. The van der Waals surface area contributed by atoms with Crippen LogP contribution >= 0.6 is 0 Å². The summed E-state index contributed by atoms with van der Waals surface area (Å²) < 4.78 is 19.0. The van der Waals surface area contributed by atoms with Crippen LogP contribution in [0.1, 0.15) is 49.8 Å². The first kappa shape index (κ1) is 21.9. The van der Waals surface area contributed by atoms with E-state index in [1.54, 1.807) is 14.2 Å². The number of benzene rings is 1. The van der Waals surface area contributed by atoms with E-state index < -0.39 is 0 Å². The quantitative estimate of drug-likeness (QED) is 0.567. The first-order valence-corrected chi connectivity index (χ1v) is 11.4. The first-order valence-electron chi connectivity index (χ1n) is 11.4. The molecule has 2 aliphatic heterocycles. The van der Waals surface area contributed by atoms with Crippen molar-refractivity contribution in [2.24, 2.45) is 0 Å². The van der Waals surface area contributed by atoms with E-state index in [2.05, 4.69) is 28.7 Å². The number of fused-ring (bicyclic) bond motifs is 3. The van der Waals surface area contributed by atoms with E-state index in [-0.39, 0.29) is 5.43 Å². The number of hydrogen-bond acceptors (Lipinski definition) is 5. The molecule has 1 fully saturated rings. The van der Waals surface area contributed by atoms with Crippen molar-refractivity contribution in [1.82, 2.24) is 9.47 Å². The Morgan fingerprint density at radius 1 is 1.06 bits per heavy atom. The third-order valence-corrected chi connectivity index (χ3v) is 6.49. The Bertz CT molecular complexity index is 963. The maximum absolute atomic E-state index is 13.0. The zero-order valence-corrected chi connectivity index (χ0v) is 19.0. The lowest BCUT2D eigenvalue weighted by Crippen LogP contribution is -2.27. The number of nitrogens with zero attached hydrogens (tertiary/aromatic N) is 2. The standard InChI is InChI=1S/C25H34N2O4/c1-4-20-12-18-13-25(31-11-7-10-29-2)24(30-3)14-21(18)22-15-23(28)19(17-27(20)22)16-26-8-5-6-9-26/h13-15,17,20H,4-12,16H2,1-3H3. The number of methoxy groups -OCH3 is 2. The first-order chi connectivity index (χ1) is 15.1. The predicted molar refractivity (Wildman–Crippen MR) is 122 cm³/mol. The SMILES string of the molecule is CCC1Cc2cc(OCCCOC)c(OC)cc2-c2cc(=O)c(CN3CCCC3)cn21. The van der Waals surface area contributed by atoms with E-state index >= 15 is 0 Å². The van der Waals surface area contributed by atoms with Gasteiger partial charge in [0.1, 0.15) is 0 Å². The highest BCUT2D eigenvalue weighted by Crippen LogP contribution is 2.41. The molecular weight excluding hydrogens is 392 g/mol. The average molecular weight is 427 g/mol. The molecule has 4 rings (SSSR count). The summed E-state index contributed by atoms with van der Waals surface area (Å²) in [6.07, 6.45) is 7.32. The maximum Gasteiger partial charge on any atom is 0.186 e. The van der Waals surface area contributed by atoms with Gasteiger partial charge in [-0.2, -0.15) is 0 Å². The van der Waals surface area contributed by atoms with E-state index in [1.807, 2.05) is 12.1 Å². The van der Waals surface area contributed by atoms with Crippen LogP contribution in [0.2, 0.25) is 0 Å². The van der Waals surface area contributed by atoms with Crippen molar-refractivity contribution in [1.29, 1.82) is 0 Å². The molecule has 2 aromatic rings. The van der Waals surface area contributed by atoms with Crippen molar-refractivity contribution < 1.29 is 14.2 Å². The van der Waals surface area contributed by atoms with Crippen molar-refractivity contribution >= 4 is 0 Å². The van der Waals surface area contributed by atoms with E-state index in [0.717, 1.165) is 61.5 Å². The van der Waals surface area contributed by atoms with E-state index in [9.17, 15) is 4.79 Å². The normalized spacial score (nSPS) is 18.0. The molecule has 0 aliphatic carbocycles. The molecule has 168 valence electrons. The molecule has 0 saturated carbocycles. The van der Waals surface area contributed by atoms with Gasteiger partial charge in [-0.15, -0.1) is 0 Å². The van der Waals surface area contributed by atoms with Crippen LogP contribution in [0.15, 0.2) is 29.2 Å². The number of likely N-dealkylation sites (tertiary alicyclic amines) is 1. The van der Waals surface area contributed by atoms with Crippen LogP contribution < -0.4 is 14.9 Å². The predicted octanol–water partition coefficient (Wildman–Crippen LogP) is 4.04. The van der Waals surface area contributed by atoms with Gasteiger partial charge in [-0.1, -0.05) is 6.92 Å². The Balaban J connectivity index is 1.69. The molecule has 0 bridgehead atoms. The molecule has 0 amide bonds. The van der Waals surface area contributed by atoms with E-state index in [4.69, 9.17) is 14.2 Å². The van der Waals surface area contributed by atoms with Crippen LogP contribution in [-0.2, 0) is 17.7 Å². The second kappa shape index (κ2) is 9.88. The molecule has 6 nitrogen and oxygen atoms in total. The van der Waals surface area contributed by atoms with Crippen LogP contribution in [0.5, 0.6) is 11.5 Å². The molecule has 0 spiro atoms. The summed E-state index contributed by atoms with van der Waals surface area (Å²) in [4.78, 5) is 15.4. The van der Waals surface area contributed by atoms with Gasteiger partial charge in [-0.3, -0.25) is 9.69 Å². The molecule has 31 heavy (non-hydrogen) atoms. The van der Waals surface area contributed by atoms with Gasteiger partial charge in [0.15, 0.2) is 16.9 Å². The fourth-order valence-electron chi connectivity index (χ4n) is 4.77. The fraction of sp³-hybridized carbons (Fsp3) is 0.560. The lowest BCUT2D eigenvalue weighted by molar-refractivity contribution is 0.170. The monoisotopic (exact) mass is 426 g/mol. The summed E-state index contributed by atoms with van der Waals surface area (Å²) in [5, 5.41) is 0. The average Bonchev–Trinajstić information content (AvgIpc) is 3.29. The van der Waals surface area contributed by atoms with Crippen LogP contribution in [-0.4, -0.2) is 50.0 Å². The maximum atomic E-state index is 13.0. The number of ether oxygens (including phenoxy) is 3. The minimum absolute atomic E-state index is 0.125. The summed E-state index contributed by atoms with van der Waals surface area (Å²) in [5.74, 6) is 1.46. The Hall–Kier alpha value is -2.31. The van der Waals surface area contributed by atoms with Crippen molar-refractivity contribution in [2.45, 2.75) is 51.6 Å². The van der Waals surface area contributed by atoms with Gasteiger partial charge in [0.2, 0.25) is 0 Å². The third-order valence-electron chi connectivity index (χ3n) is 6.49. The Morgan fingerprint density at radius 3 is 2.58 bits per heavy atom. The topological polar surface area (TPSA) is 52.9 Å². The van der Waals surface area contributed by atoms with Gasteiger partial charge >= 0.3 is 0 Å². The fourth-order valence-corrected chi connectivity index (χ4v) is 4.77. The van der Waals surface area contributed by atoms with Crippen molar-refractivity contribution in [3.05, 3.63) is 45.7 Å². The summed E-state index contributed by atoms with van der Waals surface area (Å²) in [6.45, 7) is 6.39. The Kier molecular flexibility index (Phi) is 6.98. The number of pyridine rings is 1. The molecule has 3 heterocycles. The summed E-state index contributed by atoms with van der Waals surface area (Å²) in [5.41, 5.74) is 4.28. The van der Waals surface area contributed by atoms with Gasteiger partial charge in [0, 0.05) is 56.1 Å². The summed E-state index contributed by atoms with van der Waals surface area (Å²) in [7, 11) is 3.36. The molecule has 1 unspecified atom stereocenters. The highest BCUT2D eigenvalue weighted by Gasteiger charge is 2.26. The zero-order valence-electron chi connectivity index (χ0n) is 19.0. The molecule has 1 saturated heterocycles. The van der Waals surface area contributed by atoms with Crippen LogP contribution in [0.4, 0.5) is 0 Å². The molecule has 6 heteroatoms. The molecule has 1 aromatic heterocycles. The second-order valence-electron chi connectivity index (χ2n) is 8.56. The van der Waals surface area contributed by atoms with Crippen LogP contribution in [0.25, 0.3) is 11.3 Å². The summed E-state index contributed by atoms with van der Waals surface area (Å²) >= 11 is 0. The highest BCUT2D eigenvalue weighted by atomic mass is 16.5. The minimum Gasteiger partial charge on any atom is -0.493 e. The highest BCUT2D eigenvalue weighted by molar-refractivity contribution is 5.70. The van der Waals surface area contributed by atoms with Gasteiger partial charge < -0.3 is 18.8 Å². The largest absolute Gasteiger partial charge is 0.493 e. The van der Waals surface area contributed by atoms with Crippen molar-refractivity contribution in [3.8, 4) is 22.8 Å². The molecular formula is C25H34N2O4. The number of hydrogen-bond donors (Lipinski definition) is 0. The minimum atomic E-state index is 0.125. The van der Waals surface area contributed by atoms with Gasteiger partial charge in [0.25, 0.3) is 0 Å². The van der Waals surface area contributed by atoms with Crippen molar-refractivity contribution in [2.75, 3.05) is 40.5 Å². The van der Waals surface area contributed by atoms with Gasteiger partial charge in [-0.25, -0.2) is 0 Å². The lowest BCUT2D eigenvalue weighted by Gasteiger charge is -2.31. The Morgan fingerprint density at radius 2 is 1.87 bits per heavy atom. The molecule has 0 N–H and O–H groups in total. The number of aromatic nitrogens is 1. The Labute approximate surface area is 184 Å². The lowest BCUT2D eigenvalue weighted by atomic mass is 9.90. The van der Waals surface area contributed by atoms with Crippen LogP contribution in [0, 0.1) is 0 Å². The third kappa shape index (κ3) is 4.65. The zero-order chi connectivity index (χ0) is 21.8. The van der Waals surface area contributed by atoms with Gasteiger partial charge in [0.05, 0.1) is 19.4 Å². The van der Waals surface area contributed by atoms with Crippen molar-refractivity contribution in [3.63, 3.8) is 0 Å². The van der Waals surface area contributed by atoms with Gasteiger partial charge in [-0.05, 0) is 56.5 Å². The van der Waals surface area contributed by atoms with E-state index in [0.29, 0.717) is 25.0 Å². The smallest absolute Gasteiger partial charge is 0.186 e. The molecule has 2 aliphatic rings. The summed E-state index contributed by atoms with van der Waals surface area (Å²) in [6, 6.07) is 6.27. The van der Waals surface area contributed by atoms with Crippen LogP contribution in [0.3, 0.4) is 0 Å². The molecule has 1 aromatic carbocycles. The number of rotatable bonds is 9. The van der Waals surface area contributed by atoms with E-state index in [1.165, 1.54) is 18.4 Å². The second-order valence-corrected chi connectivity index (χ2v) is 8.56.